The average Bonchev–Trinajstić information content (AvgIpc) is 2.77. The third kappa shape index (κ3) is 7.36. The predicted octanol–water partition coefficient (Wildman–Crippen LogP) is 6.47. The first kappa shape index (κ1) is 23.8. The summed E-state index contributed by atoms with van der Waals surface area (Å²) in [5.74, 6) is 0.194. The van der Waals surface area contributed by atoms with E-state index in [-0.39, 0.29) is 17.4 Å². The van der Waals surface area contributed by atoms with E-state index in [2.05, 4.69) is 0 Å². The zero-order valence-electron chi connectivity index (χ0n) is 19.0. The Labute approximate surface area is 194 Å². The first-order valence-corrected chi connectivity index (χ1v) is 10.7. The molecule has 0 bridgehead atoms. The number of nitriles is 1. The lowest BCUT2D eigenvalue weighted by Gasteiger charge is -2.27. The molecule has 0 aromatic heterocycles. The number of ether oxygens (including phenoxy) is 2. The van der Waals surface area contributed by atoms with E-state index in [0.29, 0.717) is 25.3 Å². The van der Waals surface area contributed by atoms with Gasteiger partial charge in [0.25, 0.3) is 0 Å². The minimum absolute atomic E-state index is 0.171. The van der Waals surface area contributed by atoms with Gasteiger partial charge in [-0.2, -0.15) is 5.26 Å². The molecule has 3 rings (SSSR count). The Hall–Kier alpha value is -3.85. The van der Waals surface area contributed by atoms with Crippen LogP contribution in [0.25, 0.3) is 0 Å². The van der Waals surface area contributed by atoms with Gasteiger partial charge in [-0.3, -0.25) is 0 Å². The van der Waals surface area contributed by atoms with Crippen molar-refractivity contribution in [3.8, 4) is 17.6 Å². The van der Waals surface area contributed by atoms with Crippen molar-refractivity contribution in [3.63, 3.8) is 0 Å². The first-order valence-electron chi connectivity index (χ1n) is 10.7. The van der Waals surface area contributed by atoms with Crippen molar-refractivity contribution >= 4 is 6.09 Å². The molecule has 0 fully saturated rings. The lowest BCUT2D eigenvalue weighted by atomic mass is 10.1. The highest BCUT2D eigenvalue weighted by Crippen LogP contribution is 2.26. The van der Waals surface area contributed by atoms with Gasteiger partial charge >= 0.3 is 6.09 Å². The van der Waals surface area contributed by atoms with Crippen molar-refractivity contribution in [1.82, 2.24) is 4.90 Å². The first-order chi connectivity index (χ1) is 15.7. The Morgan fingerprint density at radius 2 is 1.70 bits per heavy atom. The minimum atomic E-state index is -0.579. The summed E-state index contributed by atoms with van der Waals surface area (Å²) >= 11 is 0. The summed E-state index contributed by atoms with van der Waals surface area (Å²) in [7, 11) is 0. The van der Waals surface area contributed by atoms with E-state index in [1.165, 1.54) is 18.2 Å². The lowest BCUT2D eigenvalue weighted by Crippen LogP contribution is -2.37. The van der Waals surface area contributed by atoms with Crippen LogP contribution in [0.1, 0.15) is 37.5 Å². The van der Waals surface area contributed by atoms with Crippen LogP contribution in [0, 0.1) is 17.1 Å². The predicted molar refractivity (Wildman–Crippen MR) is 124 cm³/mol. The van der Waals surface area contributed by atoms with E-state index >= 15 is 0 Å². The van der Waals surface area contributed by atoms with Crippen LogP contribution in [0.15, 0.2) is 72.8 Å². The number of benzene rings is 3. The molecule has 3 aromatic rings. The SMILES string of the molecule is CC(C)(C)OC(=O)N(CCc1ccc(Oc2cc(F)ccc2C#N)cc1)Cc1ccccc1. The van der Waals surface area contributed by atoms with Crippen LogP contribution >= 0.6 is 0 Å². The normalized spacial score (nSPS) is 10.9. The number of carbonyl (C=O) groups is 1. The third-order valence-electron chi connectivity index (χ3n) is 4.75. The highest BCUT2D eigenvalue weighted by atomic mass is 19.1. The summed E-state index contributed by atoms with van der Waals surface area (Å²) in [6.45, 7) is 6.47. The smallest absolute Gasteiger partial charge is 0.410 e. The fraction of sp³-hybridized carbons (Fsp3) is 0.259. The van der Waals surface area contributed by atoms with Crippen molar-refractivity contribution in [2.24, 2.45) is 0 Å². The van der Waals surface area contributed by atoms with Crippen LogP contribution in [-0.4, -0.2) is 23.1 Å². The monoisotopic (exact) mass is 446 g/mol. The molecular weight excluding hydrogens is 419 g/mol. The van der Waals surface area contributed by atoms with E-state index < -0.39 is 11.4 Å². The van der Waals surface area contributed by atoms with Crippen LogP contribution in [0.4, 0.5) is 9.18 Å². The summed E-state index contributed by atoms with van der Waals surface area (Å²) in [4.78, 5) is 14.4. The van der Waals surface area contributed by atoms with Gasteiger partial charge in [0.15, 0.2) is 0 Å². The van der Waals surface area contributed by atoms with E-state index in [1.54, 1.807) is 17.0 Å². The van der Waals surface area contributed by atoms with Crippen molar-refractivity contribution in [2.45, 2.75) is 39.3 Å². The van der Waals surface area contributed by atoms with Crippen molar-refractivity contribution < 1.29 is 18.7 Å². The molecular formula is C27H27FN2O3. The molecule has 0 unspecified atom stereocenters. The van der Waals surface area contributed by atoms with E-state index in [9.17, 15) is 14.4 Å². The van der Waals surface area contributed by atoms with Crippen molar-refractivity contribution in [3.05, 3.63) is 95.3 Å². The number of halogens is 1. The highest BCUT2D eigenvalue weighted by Gasteiger charge is 2.22. The van der Waals surface area contributed by atoms with Gasteiger partial charge in [0, 0.05) is 19.2 Å². The molecule has 0 saturated carbocycles. The largest absolute Gasteiger partial charge is 0.456 e. The molecule has 3 aromatic carbocycles. The van der Waals surface area contributed by atoms with Crippen molar-refractivity contribution in [2.75, 3.05) is 6.54 Å². The fourth-order valence-electron chi connectivity index (χ4n) is 3.15. The second kappa shape index (κ2) is 10.6. The summed E-state index contributed by atoms with van der Waals surface area (Å²) in [6.07, 6.45) is 0.261. The summed E-state index contributed by atoms with van der Waals surface area (Å²) in [5.41, 5.74) is 1.71. The Bertz CT molecular complexity index is 1120. The van der Waals surface area contributed by atoms with Crippen LogP contribution in [0.2, 0.25) is 0 Å². The zero-order valence-corrected chi connectivity index (χ0v) is 19.0. The number of amides is 1. The van der Waals surface area contributed by atoms with Gasteiger partial charge in [-0.05, 0) is 62.6 Å². The molecule has 0 aliphatic carbocycles. The zero-order chi connectivity index (χ0) is 23.8. The topological polar surface area (TPSA) is 62.6 Å². The fourth-order valence-corrected chi connectivity index (χ4v) is 3.15. The van der Waals surface area contributed by atoms with Gasteiger partial charge in [-0.1, -0.05) is 42.5 Å². The highest BCUT2D eigenvalue weighted by molar-refractivity contribution is 5.68. The molecule has 0 N–H and O–H groups in total. The molecule has 0 aliphatic rings. The second-order valence-electron chi connectivity index (χ2n) is 8.64. The molecule has 0 aliphatic heterocycles. The summed E-state index contributed by atoms with van der Waals surface area (Å²) in [6, 6.07) is 22.9. The number of nitrogens with zero attached hydrogens (tertiary/aromatic N) is 2. The lowest BCUT2D eigenvalue weighted by molar-refractivity contribution is 0.0236. The van der Waals surface area contributed by atoms with Crippen molar-refractivity contribution in [1.29, 1.82) is 5.26 Å². The second-order valence-corrected chi connectivity index (χ2v) is 8.64. The van der Waals surface area contributed by atoms with Gasteiger partial charge < -0.3 is 14.4 Å². The Morgan fingerprint density at radius 3 is 2.33 bits per heavy atom. The molecule has 33 heavy (non-hydrogen) atoms. The van der Waals surface area contributed by atoms with Gasteiger partial charge in [-0.25, -0.2) is 9.18 Å². The van der Waals surface area contributed by atoms with Gasteiger partial charge in [0.2, 0.25) is 0 Å². The van der Waals surface area contributed by atoms with Gasteiger partial charge in [0.1, 0.15) is 29.0 Å². The van der Waals surface area contributed by atoms with Gasteiger partial charge in [0.05, 0.1) is 5.56 Å². The van der Waals surface area contributed by atoms with Crippen LogP contribution in [0.3, 0.4) is 0 Å². The number of rotatable bonds is 7. The Balaban J connectivity index is 1.67. The van der Waals surface area contributed by atoms with E-state index in [4.69, 9.17) is 9.47 Å². The van der Waals surface area contributed by atoms with Crippen LogP contribution in [-0.2, 0) is 17.7 Å². The summed E-state index contributed by atoms with van der Waals surface area (Å²) in [5, 5.41) is 9.18. The minimum Gasteiger partial charge on any atom is -0.456 e. The maximum absolute atomic E-state index is 13.5. The van der Waals surface area contributed by atoms with E-state index in [0.717, 1.165) is 11.1 Å². The molecule has 6 heteroatoms. The molecule has 0 spiro atoms. The number of hydrogen-bond donors (Lipinski definition) is 0. The van der Waals surface area contributed by atoms with Crippen LogP contribution in [0.5, 0.6) is 11.5 Å². The maximum Gasteiger partial charge on any atom is 0.410 e. The molecule has 170 valence electrons. The standard InChI is InChI=1S/C27H27FN2O3/c1-27(2,3)33-26(31)30(19-21-7-5-4-6-8-21)16-15-20-9-13-24(14-10-20)32-25-17-23(28)12-11-22(25)18-29/h4-14,17H,15-16,19H2,1-3H3. The Morgan fingerprint density at radius 1 is 1.00 bits per heavy atom. The molecule has 0 heterocycles. The average molecular weight is 447 g/mol. The van der Waals surface area contributed by atoms with E-state index in [1.807, 2.05) is 69.3 Å². The maximum atomic E-state index is 13.5. The van der Waals surface area contributed by atoms with Gasteiger partial charge in [-0.15, -0.1) is 0 Å². The van der Waals surface area contributed by atoms with Crippen LogP contribution < -0.4 is 4.74 Å². The molecule has 5 nitrogen and oxygen atoms in total. The Kier molecular flexibility index (Phi) is 7.68. The number of hydrogen-bond acceptors (Lipinski definition) is 4. The molecule has 0 saturated heterocycles. The molecule has 0 radical (unpaired) electrons. The molecule has 1 amide bonds. The number of carbonyl (C=O) groups excluding carboxylic acids is 1. The summed E-state index contributed by atoms with van der Waals surface area (Å²) < 4.78 is 24.8. The quantitative estimate of drug-likeness (QED) is 0.417. The third-order valence-corrected chi connectivity index (χ3v) is 4.75. The molecule has 0 atom stereocenters.